The van der Waals surface area contributed by atoms with E-state index in [-0.39, 0.29) is 0 Å². The van der Waals surface area contributed by atoms with Crippen LogP contribution in [0.4, 0.5) is 5.95 Å². The first-order chi connectivity index (χ1) is 10.3. The van der Waals surface area contributed by atoms with Gasteiger partial charge in [0.2, 0.25) is 0 Å². The Morgan fingerprint density at radius 1 is 1.24 bits per heavy atom. The van der Waals surface area contributed by atoms with Crippen molar-refractivity contribution in [3.8, 4) is 0 Å². The number of piperidine rings is 1. The molecule has 4 heteroatoms. The van der Waals surface area contributed by atoms with Gasteiger partial charge in [-0.05, 0) is 31.4 Å². The number of quaternary nitrogens is 1. The molecule has 1 aromatic carbocycles. The standard InChI is InChI=1S/C17H24N4/c1-2-10-20-15-8-4-5-9-16(15)21(17(20)18)14-13-19-11-6-3-7-12-19/h2,4-5,8-9,18H,1,3,6-7,10-14H2/p+2. The number of imidazole rings is 1. The van der Waals surface area contributed by atoms with Crippen molar-refractivity contribution in [2.75, 3.05) is 25.4 Å². The first kappa shape index (κ1) is 14.1. The molecule has 0 amide bonds. The summed E-state index contributed by atoms with van der Waals surface area (Å²) in [5, 5.41) is 0. The number of rotatable bonds is 5. The van der Waals surface area contributed by atoms with Gasteiger partial charge in [0.05, 0.1) is 19.6 Å². The maximum Gasteiger partial charge on any atom is 0.356 e. The van der Waals surface area contributed by atoms with Gasteiger partial charge in [0.15, 0.2) is 0 Å². The van der Waals surface area contributed by atoms with Crippen molar-refractivity contribution < 1.29 is 9.47 Å². The van der Waals surface area contributed by atoms with Crippen LogP contribution in [0.5, 0.6) is 0 Å². The molecule has 0 radical (unpaired) electrons. The smallest absolute Gasteiger partial charge is 0.332 e. The minimum Gasteiger partial charge on any atom is -0.332 e. The molecule has 21 heavy (non-hydrogen) atoms. The average Bonchev–Trinajstić information content (AvgIpc) is 2.79. The van der Waals surface area contributed by atoms with Crippen molar-refractivity contribution in [2.24, 2.45) is 0 Å². The third kappa shape index (κ3) is 2.81. The number of likely N-dealkylation sites (tertiary alicyclic amines) is 1. The lowest BCUT2D eigenvalue weighted by molar-refractivity contribution is -0.921. The predicted molar refractivity (Wildman–Crippen MR) is 86.2 cm³/mol. The molecule has 2 heterocycles. The quantitative estimate of drug-likeness (QED) is 0.618. The molecule has 0 atom stereocenters. The number of nitrogens with one attached hydrogen (secondary N) is 1. The Hall–Kier alpha value is -1.81. The lowest BCUT2D eigenvalue weighted by atomic mass is 10.1. The Bertz CT molecular complexity index is 623. The summed E-state index contributed by atoms with van der Waals surface area (Å²) in [6.45, 7) is 9.38. The molecule has 3 N–H and O–H groups in total. The number of allylic oxidation sites excluding steroid dienone is 1. The number of anilines is 1. The lowest BCUT2D eigenvalue weighted by Crippen LogP contribution is -3.13. The third-order valence-corrected chi connectivity index (χ3v) is 4.58. The van der Waals surface area contributed by atoms with Gasteiger partial charge in [0.1, 0.15) is 24.1 Å². The van der Waals surface area contributed by atoms with Gasteiger partial charge < -0.3 is 4.90 Å². The van der Waals surface area contributed by atoms with Crippen molar-refractivity contribution in [1.29, 1.82) is 0 Å². The van der Waals surface area contributed by atoms with Gasteiger partial charge >= 0.3 is 5.95 Å². The molecule has 0 spiro atoms. The summed E-state index contributed by atoms with van der Waals surface area (Å²) in [6.07, 6.45) is 6.04. The molecule has 0 saturated carbocycles. The Balaban J connectivity index is 1.86. The van der Waals surface area contributed by atoms with Crippen LogP contribution in [0.25, 0.3) is 11.0 Å². The number of hydrogen-bond donors (Lipinski definition) is 2. The van der Waals surface area contributed by atoms with E-state index in [2.05, 4.69) is 40.0 Å². The molecule has 0 unspecified atom stereocenters. The SMILES string of the molecule is C=CCn1c(N)[n+](CC[NH+]2CCCCC2)c2ccccc21. The Morgan fingerprint density at radius 3 is 2.76 bits per heavy atom. The largest absolute Gasteiger partial charge is 0.356 e. The van der Waals surface area contributed by atoms with Gasteiger partial charge in [0.25, 0.3) is 0 Å². The second kappa shape index (κ2) is 6.31. The zero-order valence-corrected chi connectivity index (χ0v) is 12.7. The molecule has 1 aromatic heterocycles. The van der Waals surface area contributed by atoms with Gasteiger partial charge in [-0.1, -0.05) is 24.8 Å². The van der Waals surface area contributed by atoms with Crippen LogP contribution in [0.1, 0.15) is 19.3 Å². The van der Waals surface area contributed by atoms with E-state index in [0.717, 1.165) is 25.6 Å². The number of aromatic nitrogens is 2. The van der Waals surface area contributed by atoms with E-state index in [1.54, 1.807) is 4.90 Å². The highest BCUT2D eigenvalue weighted by Gasteiger charge is 2.21. The van der Waals surface area contributed by atoms with Crippen LogP contribution in [-0.2, 0) is 13.1 Å². The average molecular weight is 286 g/mol. The normalized spacial score (nSPS) is 16.4. The summed E-state index contributed by atoms with van der Waals surface area (Å²) in [7, 11) is 0. The summed E-state index contributed by atoms with van der Waals surface area (Å²) in [4.78, 5) is 1.72. The van der Waals surface area contributed by atoms with Crippen molar-refractivity contribution in [1.82, 2.24) is 4.57 Å². The van der Waals surface area contributed by atoms with Crippen LogP contribution in [0.2, 0.25) is 0 Å². The summed E-state index contributed by atoms with van der Waals surface area (Å²) in [5.74, 6) is 0.840. The fourth-order valence-electron chi connectivity index (χ4n) is 3.44. The number of benzene rings is 1. The van der Waals surface area contributed by atoms with Gasteiger partial charge in [-0.3, -0.25) is 5.73 Å². The molecule has 1 saturated heterocycles. The topological polar surface area (TPSA) is 39.3 Å². The molecule has 3 rings (SSSR count). The van der Waals surface area contributed by atoms with Gasteiger partial charge in [-0.15, -0.1) is 0 Å². The second-order valence-corrected chi connectivity index (χ2v) is 5.96. The summed E-state index contributed by atoms with van der Waals surface area (Å²) >= 11 is 0. The molecule has 4 nitrogen and oxygen atoms in total. The molecule has 0 aliphatic carbocycles. The molecule has 112 valence electrons. The Labute approximate surface area is 126 Å². The van der Waals surface area contributed by atoms with E-state index >= 15 is 0 Å². The number of nitrogens with zero attached hydrogens (tertiary/aromatic N) is 2. The molecular formula is C17H26N4+2. The monoisotopic (exact) mass is 286 g/mol. The van der Waals surface area contributed by atoms with E-state index in [1.807, 2.05) is 6.08 Å². The number of hydrogen-bond acceptors (Lipinski definition) is 1. The summed E-state index contributed by atoms with van der Waals surface area (Å²) in [5.41, 5.74) is 8.81. The van der Waals surface area contributed by atoms with Crippen molar-refractivity contribution in [2.45, 2.75) is 32.4 Å². The van der Waals surface area contributed by atoms with Crippen LogP contribution in [0.3, 0.4) is 0 Å². The minimum absolute atomic E-state index is 0.760. The highest BCUT2D eigenvalue weighted by atomic mass is 15.2. The zero-order chi connectivity index (χ0) is 14.7. The van der Waals surface area contributed by atoms with E-state index in [0.29, 0.717) is 0 Å². The van der Waals surface area contributed by atoms with Crippen molar-refractivity contribution in [3.05, 3.63) is 36.9 Å². The van der Waals surface area contributed by atoms with Crippen LogP contribution >= 0.6 is 0 Å². The van der Waals surface area contributed by atoms with Crippen molar-refractivity contribution >= 4 is 17.0 Å². The summed E-state index contributed by atoms with van der Waals surface area (Å²) in [6, 6.07) is 8.46. The fourth-order valence-corrected chi connectivity index (χ4v) is 3.44. The van der Waals surface area contributed by atoms with E-state index in [4.69, 9.17) is 5.73 Å². The predicted octanol–water partition coefficient (Wildman–Crippen LogP) is 0.766. The van der Waals surface area contributed by atoms with Gasteiger partial charge in [-0.2, -0.15) is 0 Å². The number of nitrogens with two attached hydrogens (primary N) is 1. The molecule has 2 aromatic rings. The highest BCUT2D eigenvalue weighted by molar-refractivity contribution is 5.73. The summed E-state index contributed by atoms with van der Waals surface area (Å²) < 4.78 is 4.41. The number of para-hydroxylation sites is 2. The van der Waals surface area contributed by atoms with Crippen LogP contribution in [0, 0.1) is 0 Å². The maximum atomic E-state index is 6.39. The molecule has 1 aliphatic heterocycles. The van der Waals surface area contributed by atoms with E-state index in [1.165, 1.54) is 43.4 Å². The highest BCUT2D eigenvalue weighted by Crippen LogP contribution is 2.15. The first-order valence-electron chi connectivity index (χ1n) is 8.02. The maximum absolute atomic E-state index is 6.39. The van der Waals surface area contributed by atoms with Crippen LogP contribution in [0.15, 0.2) is 36.9 Å². The Morgan fingerprint density at radius 2 is 2.00 bits per heavy atom. The second-order valence-electron chi connectivity index (χ2n) is 5.96. The van der Waals surface area contributed by atoms with E-state index < -0.39 is 0 Å². The van der Waals surface area contributed by atoms with Crippen molar-refractivity contribution in [3.63, 3.8) is 0 Å². The van der Waals surface area contributed by atoms with Gasteiger partial charge in [-0.25, -0.2) is 9.13 Å². The molecule has 1 fully saturated rings. The van der Waals surface area contributed by atoms with Crippen LogP contribution in [-0.4, -0.2) is 24.2 Å². The zero-order valence-electron chi connectivity index (χ0n) is 12.7. The molecule has 1 aliphatic rings. The lowest BCUT2D eigenvalue weighted by Gasteiger charge is -2.22. The molecular weight excluding hydrogens is 260 g/mol. The van der Waals surface area contributed by atoms with E-state index in [9.17, 15) is 0 Å². The minimum atomic E-state index is 0.760. The Kier molecular flexibility index (Phi) is 4.25. The van der Waals surface area contributed by atoms with Crippen LogP contribution < -0.4 is 15.2 Å². The molecule has 0 bridgehead atoms. The number of nitrogen functional groups attached to an aromatic ring is 1. The third-order valence-electron chi connectivity index (χ3n) is 4.58. The first-order valence-corrected chi connectivity index (χ1v) is 8.02. The number of fused-ring (bicyclic) bond motifs is 1. The fraction of sp³-hybridized carbons (Fsp3) is 0.471. The van der Waals surface area contributed by atoms with Gasteiger partial charge in [0, 0.05) is 0 Å².